The van der Waals surface area contributed by atoms with Gasteiger partial charge in [-0.1, -0.05) is 35.5 Å². The predicted molar refractivity (Wildman–Crippen MR) is 132 cm³/mol. The maximum absolute atomic E-state index is 13.1. The van der Waals surface area contributed by atoms with E-state index >= 15 is 0 Å². The largest absolute Gasteiger partial charge is 0.495 e. The Bertz CT molecular complexity index is 1190. The van der Waals surface area contributed by atoms with E-state index in [0.29, 0.717) is 38.5 Å². The number of carbonyl (C=O) groups excluding carboxylic acids is 2. The topological polar surface area (TPSA) is 89.5 Å². The van der Waals surface area contributed by atoms with E-state index in [1.54, 1.807) is 37.4 Å². The SMILES string of the molecule is COc1ccc(Cl)cc1NC(=O)CSc1nc(C)cc(C)c1C(=O)Nc1ccccc1OC. The highest BCUT2D eigenvalue weighted by Gasteiger charge is 2.20. The zero-order valence-electron chi connectivity index (χ0n) is 18.7. The van der Waals surface area contributed by atoms with Gasteiger partial charge in [-0.15, -0.1) is 0 Å². The number of aryl methyl sites for hydroxylation is 2. The van der Waals surface area contributed by atoms with Crippen LogP contribution in [0.15, 0.2) is 53.6 Å². The summed E-state index contributed by atoms with van der Waals surface area (Å²) < 4.78 is 10.6. The van der Waals surface area contributed by atoms with Crippen molar-refractivity contribution in [2.75, 3.05) is 30.6 Å². The number of ether oxygens (including phenoxy) is 2. The number of nitrogens with one attached hydrogen (secondary N) is 2. The number of aromatic nitrogens is 1. The van der Waals surface area contributed by atoms with Crippen LogP contribution >= 0.6 is 23.4 Å². The second-order valence-corrected chi connectivity index (χ2v) is 8.50. The Kier molecular flexibility index (Phi) is 8.19. The van der Waals surface area contributed by atoms with Crippen LogP contribution in [0.3, 0.4) is 0 Å². The number of nitrogens with zero attached hydrogens (tertiary/aromatic N) is 1. The molecule has 0 fully saturated rings. The molecular formula is C24H24ClN3O4S. The fraction of sp³-hybridized carbons (Fsp3) is 0.208. The lowest BCUT2D eigenvalue weighted by Crippen LogP contribution is -2.18. The summed E-state index contributed by atoms with van der Waals surface area (Å²) >= 11 is 7.21. The fourth-order valence-electron chi connectivity index (χ4n) is 3.21. The Hall–Kier alpha value is -3.23. The van der Waals surface area contributed by atoms with Gasteiger partial charge in [0.2, 0.25) is 5.91 Å². The maximum atomic E-state index is 13.1. The van der Waals surface area contributed by atoms with Crippen molar-refractivity contribution in [2.45, 2.75) is 18.9 Å². The first-order valence-electron chi connectivity index (χ1n) is 10.0. The molecule has 0 radical (unpaired) electrons. The third kappa shape index (κ3) is 6.18. The number of thioether (sulfide) groups is 1. The van der Waals surface area contributed by atoms with Crippen molar-refractivity contribution < 1.29 is 19.1 Å². The molecule has 3 aromatic rings. The molecule has 0 aliphatic carbocycles. The van der Waals surface area contributed by atoms with Gasteiger partial charge in [0.25, 0.3) is 5.91 Å². The molecule has 0 bridgehead atoms. The van der Waals surface area contributed by atoms with Crippen LogP contribution in [0.2, 0.25) is 5.02 Å². The van der Waals surface area contributed by atoms with Gasteiger partial charge in [0.05, 0.1) is 36.9 Å². The molecule has 9 heteroatoms. The smallest absolute Gasteiger partial charge is 0.258 e. The van der Waals surface area contributed by atoms with Crippen LogP contribution in [-0.2, 0) is 4.79 Å². The van der Waals surface area contributed by atoms with Crippen molar-refractivity contribution in [2.24, 2.45) is 0 Å². The summed E-state index contributed by atoms with van der Waals surface area (Å²) in [5.74, 6) is 0.480. The second-order valence-electron chi connectivity index (χ2n) is 7.10. The first-order chi connectivity index (χ1) is 15.8. The molecule has 33 heavy (non-hydrogen) atoms. The Morgan fingerprint density at radius 3 is 2.39 bits per heavy atom. The lowest BCUT2D eigenvalue weighted by atomic mass is 10.1. The highest BCUT2D eigenvalue weighted by Crippen LogP contribution is 2.30. The number of hydrogen-bond acceptors (Lipinski definition) is 6. The first-order valence-corrected chi connectivity index (χ1v) is 11.4. The molecule has 0 aliphatic heterocycles. The van der Waals surface area contributed by atoms with Gasteiger partial charge < -0.3 is 20.1 Å². The van der Waals surface area contributed by atoms with Gasteiger partial charge in [-0.2, -0.15) is 0 Å². The zero-order valence-corrected chi connectivity index (χ0v) is 20.3. The summed E-state index contributed by atoms with van der Waals surface area (Å²) in [6.07, 6.45) is 0. The molecular weight excluding hydrogens is 462 g/mol. The van der Waals surface area contributed by atoms with Gasteiger partial charge >= 0.3 is 0 Å². The van der Waals surface area contributed by atoms with Gasteiger partial charge in [0.1, 0.15) is 16.5 Å². The van der Waals surface area contributed by atoms with E-state index in [4.69, 9.17) is 21.1 Å². The number of rotatable bonds is 8. The summed E-state index contributed by atoms with van der Waals surface area (Å²) in [6, 6.07) is 14.0. The lowest BCUT2D eigenvalue weighted by molar-refractivity contribution is -0.113. The Balaban J connectivity index is 1.79. The summed E-state index contributed by atoms with van der Waals surface area (Å²) in [5.41, 5.74) is 2.93. The van der Waals surface area contributed by atoms with E-state index in [1.807, 2.05) is 32.0 Å². The summed E-state index contributed by atoms with van der Waals surface area (Å²) in [6.45, 7) is 3.68. The van der Waals surface area contributed by atoms with Crippen LogP contribution in [0.25, 0.3) is 0 Å². The molecule has 0 aliphatic rings. The number of para-hydroxylation sites is 2. The quantitative estimate of drug-likeness (QED) is 0.418. The average molecular weight is 486 g/mol. The zero-order chi connectivity index (χ0) is 24.0. The number of anilines is 2. The minimum absolute atomic E-state index is 0.0422. The molecule has 1 aromatic heterocycles. The van der Waals surface area contributed by atoms with Crippen LogP contribution in [0, 0.1) is 13.8 Å². The van der Waals surface area contributed by atoms with Gasteiger partial charge in [-0.3, -0.25) is 9.59 Å². The van der Waals surface area contributed by atoms with Crippen molar-refractivity contribution in [1.82, 2.24) is 4.98 Å². The number of halogens is 1. The Labute approximate surface area is 201 Å². The Morgan fingerprint density at radius 1 is 0.970 bits per heavy atom. The molecule has 0 atom stereocenters. The number of carbonyl (C=O) groups is 2. The minimum atomic E-state index is -0.330. The van der Waals surface area contributed by atoms with E-state index in [-0.39, 0.29) is 17.6 Å². The second kappa shape index (κ2) is 11.1. The normalized spacial score (nSPS) is 10.5. The highest BCUT2D eigenvalue weighted by atomic mass is 35.5. The van der Waals surface area contributed by atoms with Crippen molar-refractivity contribution in [1.29, 1.82) is 0 Å². The number of benzene rings is 2. The van der Waals surface area contributed by atoms with Crippen molar-refractivity contribution in [3.8, 4) is 11.5 Å². The molecule has 0 spiro atoms. The molecule has 1 heterocycles. The van der Waals surface area contributed by atoms with Crippen molar-refractivity contribution in [3.63, 3.8) is 0 Å². The van der Waals surface area contributed by atoms with Crippen LogP contribution < -0.4 is 20.1 Å². The molecule has 172 valence electrons. The molecule has 2 N–H and O–H groups in total. The van der Waals surface area contributed by atoms with Gasteiger partial charge in [-0.25, -0.2) is 4.98 Å². The van der Waals surface area contributed by atoms with Gasteiger partial charge in [-0.05, 0) is 55.8 Å². The third-order valence-corrected chi connectivity index (χ3v) is 5.88. The predicted octanol–water partition coefficient (Wildman–Crippen LogP) is 5.35. The summed E-state index contributed by atoms with van der Waals surface area (Å²) in [5, 5.41) is 6.61. The van der Waals surface area contributed by atoms with Crippen molar-refractivity contribution in [3.05, 3.63) is 70.4 Å². The monoisotopic (exact) mass is 485 g/mol. The fourth-order valence-corrected chi connectivity index (χ4v) is 4.33. The average Bonchev–Trinajstić information content (AvgIpc) is 2.77. The van der Waals surface area contributed by atoms with Crippen LogP contribution in [0.4, 0.5) is 11.4 Å². The van der Waals surface area contributed by atoms with Crippen molar-refractivity contribution >= 4 is 46.6 Å². The number of amides is 2. The van der Waals surface area contributed by atoms with E-state index in [1.165, 1.54) is 18.9 Å². The molecule has 0 saturated heterocycles. The molecule has 0 unspecified atom stereocenters. The number of pyridine rings is 1. The lowest BCUT2D eigenvalue weighted by Gasteiger charge is -2.15. The highest BCUT2D eigenvalue weighted by molar-refractivity contribution is 8.00. The van der Waals surface area contributed by atoms with E-state index in [9.17, 15) is 9.59 Å². The maximum Gasteiger partial charge on any atom is 0.258 e. The summed E-state index contributed by atoms with van der Waals surface area (Å²) in [7, 11) is 3.05. The molecule has 0 saturated carbocycles. The minimum Gasteiger partial charge on any atom is -0.495 e. The molecule has 7 nitrogen and oxygen atoms in total. The third-order valence-electron chi connectivity index (χ3n) is 4.67. The number of methoxy groups -OCH3 is 2. The van der Waals surface area contributed by atoms with Crippen LogP contribution in [0.5, 0.6) is 11.5 Å². The van der Waals surface area contributed by atoms with Crippen LogP contribution in [-0.4, -0.2) is 36.8 Å². The molecule has 2 aromatic carbocycles. The number of hydrogen-bond donors (Lipinski definition) is 2. The van der Waals surface area contributed by atoms with Crippen LogP contribution in [0.1, 0.15) is 21.6 Å². The summed E-state index contributed by atoms with van der Waals surface area (Å²) in [4.78, 5) is 30.3. The van der Waals surface area contributed by atoms with E-state index < -0.39 is 0 Å². The molecule has 3 rings (SSSR count). The first kappa shape index (κ1) is 24.4. The standard InChI is InChI=1S/C24H24ClN3O4S/c1-14-11-15(2)26-24(22(14)23(30)28-17-7-5-6-8-19(17)31-3)33-13-21(29)27-18-12-16(25)9-10-20(18)32-4/h5-12H,13H2,1-4H3,(H,27,29)(H,28,30). The van der Waals surface area contributed by atoms with Gasteiger partial charge in [0, 0.05) is 10.7 Å². The molecule has 2 amide bonds. The van der Waals surface area contributed by atoms with E-state index in [2.05, 4.69) is 15.6 Å². The Morgan fingerprint density at radius 2 is 1.67 bits per heavy atom. The van der Waals surface area contributed by atoms with E-state index in [0.717, 1.165) is 11.3 Å². The van der Waals surface area contributed by atoms with Gasteiger partial charge in [0.15, 0.2) is 0 Å².